The number of aliphatic imine (C=N–C) groups is 1. The smallest absolute Gasteiger partial charge is 0.405 e. The molecular formula is C19H21F3N4O2. The number of carbonyl (C=O) groups excluding carboxylic acids is 1. The highest BCUT2D eigenvalue weighted by molar-refractivity contribution is 5.92. The van der Waals surface area contributed by atoms with Crippen LogP contribution in [0.15, 0.2) is 53.5 Å². The Labute approximate surface area is 160 Å². The Kier molecular flexibility index (Phi) is 7.25. The van der Waals surface area contributed by atoms with Crippen molar-refractivity contribution < 1.29 is 22.7 Å². The molecule has 0 bridgehead atoms. The van der Waals surface area contributed by atoms with Crippen molar-refractivity contribution in [3.05, 3.63) is 65.2 Å². The number of nitrogens with zero attached hydrogens (tertiary/aromatic N) is 1. The first kappa shape index (κ1) is 21.1. The van der Waals surface area contributed by atoms with E-state index >= 15 is 0 Å². The molecule has 0 fully saturated rings. The summed E-state index contributed by atoms with van der Waals surface area (Å²) in [5, 5.41) is 6.00. The number of benzene rings is 2. The van der Waals surface area contributed by atoms with Crippen molar-refractivity contribution in [2.75, 3.05) is 6.54 Å². The van der Waals surface area contributed by atoms with Crippen LogP contribution in [-0.2, 0) is 13.1 Å². The normalized spacial score (nSPS) is 11.8. The molecule has 0 spiro atoms. The average Bonchev–Trinajstić information content (AvgIpc) is 2.64. The molecule has 0 saturated heterocycles. The summed E-state index contributed by atoms with van der Waals surface area (Å²) in [7, 11) is 0. The molecule has 1 amide bonds. The zero-order valence-electron chi connectivity index (χ0n) is 15.2. The fraction of sp³-hybridized carbons (Fsp3) is 0.263. The molecule has 2 aromatic rings. The Balaban J connectivity index is 2.05. The number of hydrogen-bond donors (Lipinski definition) is 3. The summed E-state index contributed by atoms with van der Waals surface area (Å²) < 4.78 is 41.6. The van der Waals surface area contributed by atoms with Gasteiger partial charge in [-0.1, -0.05) is 30.3 Å². The lowest BCUT2D eigenvalue weighted by Gasteiger charge is -2.15. The number of ether oxygens (including phenoxy) is 1. The maximum Gasteiger partial charge on any atom is 0.573 e. The van der Waals surface area contributed by atoms with Gasteiger partial charge in [0.15, 0.2) is 5.96 Å². The maximum atomic E-state index is 12.5. The van der Waals surface area contributed by atoms with Gasteiger partial charge in [-0.25, -0.2) is 4.99 Å². The molecule has 0 aromatic heterocycles. The highest BCUT2D eigenvalue weighted by Crippen LogP contribution is 2.26. The predicted octanol–water partition coefficient (Wildman–Crippen LogP) is 2.94. The summed E-state index contributed by atoms with van der Waals surface area (Å²) in [5.41, 5.74) is 6.80. The van der Waals surface area contributed by atoms with Gasteiger partial charge >= 0.3 is 6.36 Å². The molecule has 0 aliphatic carbocycles. The van der Waals surface area contributed by atoms with Crippen LogP contribution in [-0.4, -0.2) is 24.8 Å². The van der Waals surface area contributed by atoms with Crippen molar-refractivity contribution in [1.82, 2.24) is 10.6 Å². The second-order valence-corrected chi connectivity index (χ2v) is 5.77. The highest BCUT2D eigenvalue weighted by Gasteiger charge is 2.31. The molecule has 9 heteroatoms. The van der Waals surface area contributed by atoms with Gasteiger partial charge in [0.25, 0.3) is 0 Å². The zero-order valence-corrected chi connectivity index (χ0v) is 15.2. The Morgan fingerprint density at radius 3 is 2.39 bits per heavy atom. The van der Waals surface area contributed by atoms with E-state index in [-0.39, 0.29) is 12.3 Å². The summed E-state index contributed by atoms with van der Waals surface area (Å²) in [5.74, 6) is -0.339. The largest absolute Gasteiger partial charge is 0.573 e. The van der Waals surface area contributed by atoms with Crippen LogP contribution in [0, 0.1) is 0 Å². The zero-order chi connectivity index (χ0) is 20.6. The molecular weight excluding hydrogens is 373 g/mol. The van der Waals surface area contributed by atoms with E-state index in [1.165, 1.54) is 12.1 Å². The topological polar surface area (TPSA) is 88.7 Å². The predicted molar refractivity (Wildman–Crippen MR) is 99.7 cm³/mol. The van der Waals surface area contributed by atoms with E-state index in [1.54, 1.807) is 36.4 Å². The Hall–Kier alpha value is -3.23. The molecule has 0 heterocycles. The van der Waals surface area contributed by atoms with Crippen LogP contribution < -0.4 is 21.1 Å². The van der Waals surface area contributed by atoms with E-state index in [0.717, 1.165) is 5.56 Å². The second-order valence-electron chi connectivity index (χ2n) is 5.77. The van der Waals surface area contributed by atoms with Crippen molar-refractivity contribution in [3.8, 4) is 5.75 Å². The van der Waals surface area contributed by atoms with E-state index in [9.17, 15) is 18.0 Å². The number of nitrogens with two attached hydrogens (primary N) is 1. The fourth-order valence-electron chi connectivity index (χ4n) is 2.34. The minimum absolute atomic E-state index is 0.0959. The van der Waals surface area contributed by atoms with Gasteiger partial charge < -0.3 is 21.1 Å². The molecule has 28 heavy (non-hydrogen) atoms. The number of para-hydroxylation sites is 1. The van der Waals surface area contributed by atoms with Crippen LogP contribution in [0.25, 0.3) is 0 Å². The third-order valence-electron chi connectivity index (χ3n) is 3.65. The van der Waals surface area contributed by atoms with Crippen LogP contribution >= 0.6 is 0 Å². The first-order chi connectivity index (χ1) is 13.3. The number of carbonyl (C=O) groups is 1. The van der Waals surface area contributed by atoms with Crippen LogP contribution in [0.5, 0.6) is 5.75 Å². The summed E-state index contributed by atoms with van der Waals surface area (Å²) in [4.78, 5) is 15.5. The number of guanidine groups is 1. The molecule has 6 nitrogen and oxygen atoms in total. The quantitative estimate of drug-likeness (QED) is 0.498. The lowest BCUT2D eigenvalue weighted by atomic mass is 10.1. The first-order valence-corrected chi connectivity index (χ1v) is 8.53. The van der Waals surface area contributed by atoms with Crippen molar-refractivity contribution in [3.63, 3.8) is 0 Å². The van der Waals surface area contributed by atoms with E-state index < -0.39 is 12.3 Å². The number of hydrogen-bond acceptors (Lipinski definition) is 3. The van der Waals surface area contributed by atoms with Crippen molar-refractivity contribution in [2.24, 2.45) is 10.7 Å². The SMILES string of the molecule is CCNC(=NCc1ccc(C(N)=O)cc1)NCc1ccccc1OC(F)(F)F. The monoisotopic (exact) mass is 394 g/mol. The van der Waals surface area contributed by atoms with E-state index in [1.807, 2.05) is 6.92 Å². The number of alkyl halides is 3. The molecule has 0 radical (unpaired) electrons. The third-order valence-corrected chi connectivity index (χ3v) is 3.65. The van der Waals surface area contributed by atoms with Gasteiger partial charge in [0.2, 0.25) is 5.91 Å². The van der Waals surface area contributed by atoms with Gasteiger partial charge in [0.1, 0.15) is 5.75 Å². The molecule has 150 valence electrons. The molecule has 0 atom stereocenters. The van der Waals surface area contributed by atoms with Crippen molar-refractivity contribution >= 4 is 11.9 Å². The molecule has 0 unspecified atom stereocenters. The van der Waals surface area contributed by atoms with Crippen LogP contribution in [0.1, 0.15) is 28.4 Å². The molecule has 0 aliphatic heterocycles. The number of nitrogens with one attached hydrogen (secondary N) is 2. The van der Waals surface area contributed by atoms with Crippen molar-refractivity contribution in [2.45, 2.75) is 26.4 Å². The summed E-state index contributed by atoms with van der Waals surface area (Å²) in [6.45, 7) is 2.86. The maximum absolute atomic E-state index is 12.5. The van der Waals surface area contributed by atoms with E-state index in [4.69, 9.17) is 5.73 Å². The molecule has 4 N–H and O–H groups in total. The van der Waals surface area contributed by atoms with E-state index in [2.05, 4.69) is 20.4 Å². The average molecular weight is 394 g/mol. The van der Waals surface area contributed by atoms with Crippen molar-refractivity contribution in [1.29, 1.82) is 0 Å². The standard InChI is InChI=1S/C19H21F3N4O2/c1-2-24-18(25-11-13-7-9-14(10-8-13)17(23)27)26-12-15-5-3-4-6-16(15)28-19(20,21)22/h3-10H,2,11-12H2,1H3,(H2,23,27)(H2,24,25,26). The minimum atomic E-state index is -4.76. The fourth-order valence-corrected chi connectivity index (χ4v) is 2.34. The highest BCUT2D eigenvalue weighted by atomic mass is 19.4. The lowest BCUT2D eigenvalue weighted by Crippen LogP contribution is -2.37. The number of rotatable bonds is 7. The Morgan fingerprint density at radius 2 is 1.79 bits per heavy atom. The van der Waals surface area contributed by atoms with Gasteiger partial charge in [-0.05, 0) is 30.7 Å². The number of amides is 1. The van der Waals surface area contributed by atoms with Gasteiger partial charge in [0.05, 0.1) is 6.54 Å². The van der Waals surface area contributed by atoms with Gasteiger partial charge in [-0.2, -0.15) is 0 Å². The summed E-state index contributed by atoms with van der Waals surface area (Å²) >= 11 is 0. The summed E-state index contributed by atoms with van der Waals surface area (Å²) in [6.07, 6.45) is -4.76. The van der Waals surface area contributed by atoms with Crippen LogP contribution in [0.2, 0.25) is 0 Å². The summed E-state index contributed by atoms with van der Waals surface area (Å²) in [6, 6.07) is 12.6. The Morgan fingerprint density at radius 1 is 1.11 bits per heavy atom. The van der Waals surface area contributed by atoms with Crippen LogP contribution in [0.4, 0.5) is 13.2 Å². The third kappa shape index (κ3) is 6.82. The van der Waals surface area contributed by atoms with Gasteiger partial charge in [-0.15, -0.1) is 13.2 Å². The lowest BCUT2D eigenvalue weighted by molar-refractivity contribution is -0.274. The van der Waals surface area contributed by atoms with Gasteiger partial charge in [-0.3, -0.25) is 4.79 Å². The molecule has 2 rings (SSSR count). The number of primary amides is 1. The number of halogens is 3. The molecule has 0 aliphatic rings. The van der Waals surface area contributed by atoms with Gasteiger partial charge in [0, 0.05) is 24.2 Å². The minimum Gasteiger partial charge on any atom is -0.405 e. The molecule has 2 aromatic carbocycles. The first-order valence-electron chi connectivity index (χ1n) is 8.53. The second kappa shape index (κ2) is 9.63. The Bertz CT molecular complexity index is 821. The molecule has 0 saturated carbocycles. The van der Waals surface area contributed by atoms with Crippen LogP contribution in [0.3, 0.4) is 0 Å². The van der Waals surface area contributed by atoms with E-state index in [0.29, 0.717) is 30.2 Å².